The van der Waals surface area contributed by atoms with E-state index in [2.05, 4.69) is 5.32 Å². The zero-order chi connectivity index (χ0) is 11.6. The molecule has 15 heavy (non-hydrogen) atoms. The molecule has 5 heteroatoms. The summed E-state index contributed by atoms with van der Waals surface area (Å²) in [6, 6.07) is 0. The Hall–Kier alpha value is -1.91. The number of rotatable bonds is 3. The van der Waals surface area contributed by atoms with Crippen molar-refractivity contribution in [2.45, 2.75) is 13.3 Å². The van der Waals surface area contributed by atoms with E-state index in [1.165, 1.54) is 20.0 Å². The number of amides is 1. The van der Waals surface area contributed by atoms with E-state index in [4.69, 9.17) is 5.73 Å². The molecule has 1 aliphatic carbocycles. The van der Waals surface area contributed by atoms with Gasteiger partial charge >= 0.3 is 0 Å². The summed E-state index contributed by atoms with van der Waals surface area (Å²) in [7, 11) is 1.52. The molecule has 0 saturated heterocycles. The van der Waals surface area contributed by atoms with Crippen molar-refractivity contribution in [3.05, 3.63) is 22.9 Å². The number of hydrogen-bond donors (Lipinski definition) is 2. The van der Waals surface area contributed by atoms with Crippen LogP contribution in [0, 0.1) is 0 Å². The number of primary amides is 1. The van der Waals surface area contributed by atoms with Gasteiger partial charge in [0.1, 0.15) is 0 Å². The molecule has 5 nitrogen and oxygen atoms in total. The molecule has 1 rings (SSSR count). The van der Waals surface area contributed by atoms with Gasteiger partial charge in [-0.15, -0.1) is 0 Å². The molecule has 0 heterocycles. The highest BCUT2D eigenvalue weighted by atomic mass is 16.1. The lowest BCUT2D eigenvalue weighted by Gasteiger charge is -2.15. The van der Waals surface area contributed by atoms with Crippen molar-refractivity contribution in [2.24, 2.45) is 5.73 Å². The Morgan fingerprint density at radius 2 is 2.07 bits per heavy atom. The smallest absolute Gasteiger partial charge is 0.222 e. The fourth-order valence-electron chi connectivity index (χ4n) is 1.45. The van der Waals surface area contributed by atoms with Gasteiger partial charge in [-0.3, -0.25) is 14.4 Å². The van der Waals surface area contributed by atoms with Crippen LogP contribution in [0.3, 0.4) is 0 Å². The highest BCUT2D eigenvalue weighted by Gasteiger charge is 2.26. The van der Waals surface area contributed by atoms with Gasteiger partial charge in [0, 0.05) is 18.2 Å². The number of nitrogens with two attached hydrogens (primary N) is 1. The van der Waals surface area contributed by atoms with Crippen LogP contribution in [-0.2, 0) is 14.4 Å². The summed E-state index contributed by atoms with van der Waals surface area (Å²) < 4.78 is 0. The van der Waals surface area contributed by atoms with Gasteiger partial charge in [0.05, 0.1) is 12.1 Å². The van der Waals surface area contributed by atoms with Crippen molar-refractivity contribution >= 4 is 17.5 Å². The van der Waals surface area contributed by atoms with E-state index in [-0.39, 0.29) is 29.3 Å². The average molecular weight is 208 g/mol. The summed E-state index contributed by atoms with van der Waals surface area (Å²) in [5.41, 5.74) is 5.64. The summed E-state index contributed by atoms with van der Waals surface area (Å²) in [6.45, 7) is 1.54. The van der Waals surface area contributed by atoms with E-state index in [0.29, 0.717) is 5.57 Å². The lowest BCUT2D eigenvalue weighted by molar-refractivity contribution is -0.120. The third kappa shape index (κ3) is 2.12. The first-order valence-electron chi connectivity index (χ1n) is 4.44. The summed E-state index contributed by atoms with van der Waals surface area (Å²) in [4.78, 5) is 33.9. The van der Waals surface area contributed by atoms with Crippen LogP contribution in [0.4, 0.5) is 0 Å². The van der Waals surface area contributed by atoms with E-state index < -0.39 is 5.91 Å². The summed E-state index contributed by atoms with van der Waals surface area (Å²) in [5.74, 6) is -1.24. The fourth-order valence-corrected chi connectivity index (χ4v) is 1.45. The second-order valence-corrected chi connectivity index (χ2v) is 3.27. The van der Waals surface area contributed by atoms with Crippen LogP contribution in [0.2, 0.25) is 0 Å². The van der Waals surface area contributed by atoms with Crippen LogP contribution in [0.1, 0.15) is 13.3 Å². The normalized spacial score (nSPS) is 16.5. The Labute approximate surface area is 87.0 Å². The molecule has 0 unspecified atom stereocenters. The molecule has 80 valence electrons. The molecule has 0 aromatic carbocycles. The average Bonchev–Trinajstić information content (AvgIpc) is 2.13. The molecule has 1 aliphatic rings. The highest BCUT2D eigenvalue weighted by Crippen LogP contribution is 2.19. The van der Waals surface area contributed by atoms with Crippen molar-refractivity contribution < 1.29 is 14.4 Å². The summed E-state index contributed by atoms with van der Waals surface area (Å²) in [6.07, 6.45) is 1.03. The number of hydrogen-bond acceptors (Lipinski definition) is 4. The van der Waals surface area contributed by atoms with Crippen LogP contribution < -0.4 is 11.1 Å². The quantitative estimate of drug-likeness (QED) is 0.608. The number of allylic oxidation sites excluding steroid dienone is 2. The summed E-state index contributed by atoms with van der Waals surface area (Å²) >= 11 is 0. The maximum Gasteiger partial charge on any atom is 0.222 e. The van der Waals surface area contributed by atoms with Crippen LogP contribution in [-0.4, -0.2) is 24.5 Å². The van der Waals surface area contributed by atoms with E-state index in [0.717, 1.165) is 0 Å². The number of ketones is 2. The molecule has 0 atom stereocenters. The molecule has 0 bridgehead atoms. The zero-order valence-corrected chi connectivity index (χ0v) is 8.59. The summed E-state index contributed by atoms with van der Waals surface area (Å²) in [5, 5.41) is 2.62. The Morgan fingerprint density at radius 3 is 2.53 bits per heavy atom. The minimum atomic E-state index is -0.631. The molecule has 0 aliphatic heterocycles. The van der Waals surface area contributed by atoms with Crippen LogP contribution in [0.5, 0.6) is 0 Å². The molecular weight excluding hydrogens is 196 g/mol. The van der Waals surface area contributed by atoms with Gasteiger partial charge in [-0.05, 0) is 13.0 Å². The van der Waals surface area contributed by atoms with Crippen molar-refractivity contribution in [1.29, 1.82) is 0 Å². The number of Topliss-reactive ketones (excluding diaryl/α,β-unsaturated/α-hetero) is 1. The van der Waals surface area contributed by atoms with Gasteiger partial charge in [0.25, 0.3) is 0 Å². The van der Waals surface area contributed by atoms with Gasteiger partial charge in [-0.25, -0.2) is 0 Å². The first-order valence-corrected chi connectivity index (χ1v) is 4.44. The van der Waals surface area contributed by atoms with E-state index >= 15 is 0 Å². The lowest BCUT2D eigenvalue weighted by Crippen LogP contribution is -2.28. The number of likely N-dealkylation sites (N-methyl/N-ethyl adjacent to an activating group) is 1. The molecule has 0 spiro atoms. The van der Waals surface area contributed by atoms with Gasteiger partial charge in [-0.2, -0.15) is 0 Å². The maximum atomic E-state index is 11.6. The van der Waals surface area contributed by atoms with Crippen molar-refractivity contribution in [1.82, 2.24) is 5.32 Å². The van der Waals surface area contributed by atoms with Crippen molar-refractivity contribution in [3.8, 4) is 0 Å². The van der Waals surface area contributed by atoms with Gasteiger partial charge in [0.2, 0.25) is 11.7 Å². The van der Waals surface area contributed by atoms with E-state index in [9.17, 15) is 14.4 Å². The van der Waals surface area contributed by atoms with E-state index in [1.807, 2.05) is 0 Å². The van der Waals surface area contributed by atoms with Crippen LogP contribution in [0.15, 0.2) is 22.9 Å². The first-order chi connectivity index (χ1) is 6.97. The predicted molar refractivity (Wildman–Crippen MR) is 53.7 cm³/mol. The molecule has 0 aromatic heterocycles. The topological polar surface area (TPSA) is 89.3 Å². The monoisotopic (exact) mass is 208 g/mol. The third-order valence-electron chi connectivity index (χ3n) is 2.13. The Morgan fingerprint density at radius 1 is 1.47 bits per heavy atom. The van der Waals surface area contributed by atoms with Crippen molar-refractivity contribution in [3.63, 3.8) is 0 Å². The Balaban J connectivity index is 3.18. The fraction of sp³-hybridized carbons (Fsp3) is 0.300. The highest BCUT2D eigenvalue weighted by molar-refractivity contribution is 6.23. The molecule has 0 radical (unpaired) electrons. The Bertz CT molecular complexity index is 405. The van der Waals surface area contributed by atoms with Crippen molar-refractivity contribution in [2.75, 3.05) is 7.05 Å². The lowest BCUT2D eigenvalue weighted by atomic mass is 9.92. The second-order valence-electron chi connectivity index (χ2n) is 3.27. The van der Waals surface area contributed by atoms with Gasteiger partial charge in [0.15, 0.2) is 5.78 Å². The molecule has 0 aromatic rings. The Kier molecular flexibility index (Phi) is 3.04. The number of carbonyl (C=O) groups is 3. The molecule has 1 amide bonds. The van der Waals surface area contributed by atoms with Crippen LogP contribution in [0.25, 0.3) is 0 Å². The zero-order valence-electron chi connectivity index (χ0n) is 8.59. The number of carbonyl (C=O) groups excluding carboxylic acids is 3. The number of nitrogens with one attached hydrogen (secondary N) is 1. The minimum absolute atomic E-state index is 0.148. The maximum absolute atomic E-state index is 11.6. The largest absolute Gasteiger partial charge is 0.385 e. The first kappa shape index (κ1) is 11.2. The van der Waals surface area contributed by atoms with E-state index in [1.54, 1.807) is 0 Å². The predicted octanol–water partition coefficient (Wildman–Crippen LogP) is -0.567. The molecule has 3 N–H and O–H groups in total. The van der Waals surface area contributed by atoms with Gasteiger partial charge in [-0.1, -0.05) is 0 Å². The molecular formula is C10H12N2O3. The molecule has 0 saturated carbocycles. The standard InChI is InChI=1S/C10H12N2O3/c1-5-3-7(13)9(12-2)6(10(5)15)4-8(11)14/h3,12H,4H2,1-2H3,(H2,11,14). The van der Waals surface area contributed by atoms with Gasteiger partial charge < -0.3 is 11.1 Å². The third-order valence-corrected chi connectivity index (χ3v) is 2.13. The second kappa shape index (κ2) is 4.08. The van der Waals surface area contributed by atoms with Crippen LogP contribution >= 0.6 is 0 Å². The molecule has 0 fully saturated rings. The minimum Gasteiger partial charge on any atom is -0.385 e. The SMILES string of the molecule is CNC1=C(CC(N)=O)C(=O)C(C)=CC1=O.